The Morgan fingerprint density at radius 3 is 2.32 bits per heavy atom. The van der Waals surface area contributed by atoms with Gasteiger partial charge in [-0.15, -0.1) is 11.3 Å². The molecule has 2 saturated heterocycles. The molecule has 3 rings (SSSR count). The topological polar surface area (TPSA) is 91.0 Å². The second-order valence-electron chi connectivity index (χ2n) is 10.5. The standard InChI is InChI=1S/C25H40N4O4S/c1-18-17-34-22(21(18)27-20(30)16-28-11-7-5-6-8-12-28)23(31)26-15-19-9-13-29(14-10-19)24(32)33-25(2,3)4/h17,19H,5-16H2,1-4H3,(H,26,31)(H,27,30). The molecule has 1 aromatic heterocycles. The lowest BCUT2D eigenvalue weighted by molar-refractivity contribution is -0.117. The van der Waals surface area contributed by atoms with Crippen LogP contribution in [0, 0.1) is 12.8 Å². The van der Waals surface area contributed by atoms with Gasteiger partial charge in [-0.3, -0.25) is 14.5 Å². The first-order valence-corrected chi connectivity index (χ1v) is 13.4. The van der Waals surface area contributed by atoms with E-state index in [0.29, 0.717) is 42.7 Å². The summed E-state index contributed by atoms with van der Waals surface area (Å²) in [6, 6.07) is 0. The van der Waals surface area contributed by atoms with Crippen LogP contribution in [0.2, 0.25) is 0 Å². The quantitative estimate of drug-likeness (QED) is 0.620. The zero-order valence-electron chi connectivity index (χ0n) is 21.1. The van der Waals surface area contributed by atoms with E-state index in [0.717, 1.165) is 44.3 Å². The van der Waals surface area contributed by atoms with Gasteiger partial charge in [0.25, 0.3) is 5.91 Å². The van der Waals surface area contributed by atoms with Crippen molar-refractivity contribution in [3.63, 3.8) is 0 Å². The number of piperidine rings is 1. The van der Waals surface area contributed by atoms with Crippen molar-refractivity contribution < 1.29 is 19.1 Å². The van der Waals surface area contributed by atoms with Gasteiger partial charge in [0.05, 0.1) is 12.2 Å². The molecule has 0 unspecified atom stereocenters. The third-order valence-electron chi connectivity index (χ3n) is 6.33. The molecule has 2 aliphatic heterocycles. The number of ether oxygens (including phenoxy) is 1. The van der Waals surface area contributed by atoms with Crippen LogP contribution in [0.25, 0.3) is 0 Å². The van der Waals surface area contributed by atoms with E-state index in [2.05, 4.69) is 15.5 Å². The molecule has 0 aliphatic carbocycles. The summed E-state index contributed by atoms with van der Waals surface area (Å²) in [5.41, 5.74) is 1.04. The molecule has 2 N–H and O–H groups in total. The number of thiophene rings is 1. The Balaban J connectivity index is 1.47. The predicted octanol–water partition coefficient (Wildman–Crippen LogP) is 4.25. The number of likely N-dealkylation sites (tertiary alicyclic amines) is 2. The fourth-order valence-corrected chi connectivity index (χ4v) is 5.33. The van der Waals surface area contributed by atoms with Gasteiger partial charge in [0, 0.05) is 19.6 Å². The van der Waals surface area contributed by atoms with Crippen LogP contribution >= 0.6 is 11.3 Å². The largest absolute Gasteiger partial charge is 0.444 e. The Labute approximate surface area is 207 Å². The molecule has 8 nitrogen and oxygen atoms in total. The lowest BCUT2D eigenvalue weighted by Crippen LogP contribution is -2.43. The number of amides is 3. The van der Waals surface area contributed by atoms with Crippen LogP contribution in [0.15, 0.2) is 5.38 Å². The van der Waals surface area contributed by atoms with Crippen molar-refractivity contribution in [2.24, 2.45) is 5.92 Å². The number of hydrogen-bond donors (Lipinski definition) is 2. The summed E-state index contributed by atoms with van der Waals surface area (Å²) in [7, 11) is 0. The molecule has 34 heavy (non-hydrogen) atoms. The van der Waals surface area contributed by atoms with Gasteiger partial charge in [0.15, 0.2) is 0 Å². The molecule has 3 amide bonds. The average Bonchev–Trinajstić information content (AvgIpc) is 2.96. The number of nitrogens with one attached hydrogen (secondary N) is 2. The summed E-state index contributed by atoms with van der Waals surface area (Å²) in [6.45, 7) is 11.6. The van der Waals surface area contributed by atoms with Crippen LogP contribution in [-0.4, -0.2) is 72.6 Å². The second kappa shape index (κ2) is 12.0. The van der Waals surface area contributed by atoms with Crippen molar-refractivity contribution >= 4 is 34.9 Å². The van der Waals surface area contributed by atoms with Gasteiger partial charge >= 0.3 is 6.09 Å². The van der Waals surface area contributed by atoms with E-state index in [4.69, 9.17) is 4.74 Å². The van der Waals surface area contributed by atoms with Gasteiger partial charge < -0.3 is 20.3 Å². The highest BCUT2D eigenvalue weighted by molar-refractivity contribution is 7.13. The van der Waals surface area contributed by atoms with Crippen molar-refractivity contribution in [1.29, 1.82) is 0 Å². The number of hydrogen-bond acceptors (Lipinski definition) is 6. The van der Waals surface area contributed by atoms with E-state index in [1.165, 1.54) is 24.2 Å². The highest BCUT2D eigenvalue weighted by Crippen LogP contribution is 2.28. The Kier molecular flexibility index (Phi) is 9.36. The maximum Gasteiger partial charge on any atom is 0.410 e. The molecule has 0 atom stereocenters. The minimum atomic E-state index is -0.499. The predicted molar refractivity (Wildman–Crippen MR) is 135 cm³/mol. The summed E-state index contributed by atoms with van der Waals surface area (Å²) in [4.78, 5) is 42.3. The van der Waals surface area contributed by atoms with Crippen LogP contribution in [0.1, 0.15) is 74.5 Å². The van der Waals surface area contributed by atoms with Crippen molar-refractivity contribution in [2.45, 2.75) is 71.8 Å². The second-order valence-corrected chi connectivity index (χ2v) is 11.4. The summed E-state index contributed by atoms with van der Waals surface area (Å²) in [5, 5.41) is 7.95. The maximum absolute atomic E-state index is 12.9. The van der Waals surface area contributed by atoms with E-state index in [1.807, 2.05) is 33.1 Å². The van der Waals surface area contributed by atoms with E-state index < -0.39 is 5.60 Å². The minimum Gasteiger partial charge on any atom is -0.444 e. The Morgan fingerprint density at radius 1 is 1.06 bits per heavy atom. The number of rotatable bonds is 6. The highest BCUT2D eigenvalue weighted by Gasteiger charge is 2.27. The number of nitrogens with zero attached hydrogens (tertiary/aromatic N) is 2. The molecule has 1 aromatic rings. The smallest absolute Gasteiger partial charge is 0.410 e. The zero-order chi connectivity index (χ0) is 24.7. The minimum absolute atomic E-state index is 0.0630. The van der Waals surface area contributed by atoms with E-state index in [-0.39, 0.29) is 17.9 Å². The molecule has 9 heteroatoms. The molecule has 190 valence electrons. The number of aryl methyl sites for hydroxylation is 1. The molecule has 0 aromatic carbocycles. The fraction of sp³-hybridized carbons (Fsp3) is 0.720. The van der Waals surface area contributed by atoms with Gasteiger partial charge in [-0.2, -0.15) is 0 Å². The monoisotopic (exact) mass is 492 g/mol. The SMILES string of the molecule is Cc1csc(C(=O)NCC2CCN(C(=O)OC(C)(C)C)CC2)c1NC(=O)CN1CCCCCC1. The molecule has 0 spiro atoms. The molecule has 3 heterocycles. The molecular weight excluding hydrogens is 452 g/mol. The van der Waals surface area contributed by atoms with Gasteiger partial charge in [-0.25, -0.2) is 4.79 Å². The molecular formula is C25H40N4O4S. The Morgan fingerprint density at radius 2 is 1.71 bits per heavy atom. The van der Waals surface area contributed by atoms with Crippen LogP contribution in [0.5, 0.6) is 0 Å². The first-order valence-electron chi connectivity index (χ1n) is 12.5. The number of carbonyl (C=O) groups excluding carboxylic acids is 3. The normalized spacial score (nSPS) is 18.3. The van der Waals surface area contributed by atoms with Crippen molar-refractivity contribution in [3.05, 3.63) is 15.8 Å². The maximum atomic E-state index is 12.9. The van der Waals surface area contributed by atoms with Crippen molar-refractivity contribution in [1.82, 2.24) is 15.1 Å². The van der Waals surface area contributed by atoms with Gasteiger partial charge in [0.1, 0.15) is 10.5 Å². The molecule has 0 saturated carbocycles. The van der Waals surface area contributed by atoms with Crippen LogP contribution < -0.4 is 10.6 Å². The Bertz CT molecular complexity index is 848. The van der Waals surface area contributed by atoms with E-state index in [1.54, 1.807) is 4.90 Å². The average molecular weight is 493 g/mol. The van der Waals surface area contributed by atoms with Crippen LogP contribution in [0.3, 0.4) is 0 Å². The van der Waals surface area contributed by atoms with Crippen LogP contribution in [-0.2, 0) is 9.53 Å². The first kappa shape index (κ1) is 26.5. The summed E-state index contributed by atoms with van der Waals surface area (Å²) < 4.78 is 5.45. The number of anilines is 1. The van der Waals surface area contributed by atoms with Gasteiger partial charge in [-0.05, 0) is 83.3 Å². The molecule has 0 radical (unpaired) electrons. The summed E-state index contributed by atoms with van der Waals surface area (Å²) >= 11 is 1.36. The molecule has 2 aliphatic rings. The lowest BCUT2D eigenvalue weighted by atomic mass is 9.97. The third kappa shape index (κ3) is 7.98. The number of carbonyl (C=O) groups is 3. The van der Waals surface area contributed by atoms with Gasteiger partial charge in [-0.1, -0.05) is 12.8 Å². The third-order valence-corrected chi connectivity index (χ3v) is 7.43. The summed E-state index contributed by atoms with van der Waals surface area (Å²) in [5.74, 6) is 0.0921. The van der Waals surface area contributed by atoms with Crippen molar-refractivity contribution in [3.8, 4) is 0 Å². The fourth-order valence-electron chi connectivity index (χ4n) is 4.41. The molecule has 0 bridgehead atoms. The van der Waals surface area contributed by atoms with E-state index >= 15 is 0 Å². The van der Waals surface area contributed by atoms with E-state index in [9.17, 15) is 14.4 Å². The lowest BCUT2D eigenvalue weighted by Gasteiger charge is -2.33. The zero-order valence-corrected chi connectivity index (χ0v) is 21.9. The Hall–Kier alpha value is -2.13. The molecule has 2 fully saturated rings. The van der Waals surface area contributed by atoms with Crippen molar-refractivity contribution in [2.75, 3.05) is 44.6 Å². The first-order chi connectivity index (χ1) is 16.1. The summed E-state index contributed by atoms with van der Waals surface area (Å²) in [6.07, 6.45) is 6.09. The highest BCUT2D eigenvalue weighted by atomic mass is 32.1. The van der Waals surface area contributed by atoms with Crippen LogP contribution in [0.4, 0.5) is 10.5 Å². The van der Waals surface area contributed by atoms with Gasteiger partial charge in [0.2, 0.25) is 5.91 Å².